The number of fused-ring (bicyclic) bond motifs is 1. The van der Waals surface area contributed by atoms with Crippen LogP contribution in [0.15, 0.2) is 18.3 Å². The van der Waals surface area contributed by atoms with E-state index in [2.05, 4.69) is 9.28 Å². The Morgan fingerprint density at radius 3 is 2.72 bits per heavy atom. The Morgan fingerprint density at radius 2 is 2.12 bits per heavy atom. The summed E-state index contributed by atoms with van der Waals surface area (Å²) in [6.07, 6.45) is 2.44. The van der Waals surface area contributed by atoms with E-state index in [0.717, 1.165) is 0 Å². The van der Waals surface area contributed by atoms with Crippen LogP contribution in [0.2, 0.25) is 5.02 Å². The van der Waals surface area contributed by atoms with E-state index >= 15 is 0 Å². The molecule has 0 saturated carbocycles. The van der Waals surface area contributed by atoms with E-state index in [0.29, 0.717) is 24.1 Å². The van der Waals surface area contributed by atoms with Gasteiger partial charge in [0.05, 0.1) is 12.3 Å². The number of benzene rings is 1. The van der Waals surface area contributed by atoms with Crippen LogP contribution < -0.4 is 8.92 Å². The van der Waals surface area contributed by atoms with Crippen LogP contribution in [0.5, 0.6) is 11.5 Å². The molecule has 2 heterocycles. The predicted molar refractivity (Wildman–Crippen MR) is 83.1 cm³/mol. The van der Waals surface area contributed by atoms with Crippen molar-refractivity contribution >= 4 is 21.7 Å². The molecule has 136 valence electrons. The van der Waals surface area contributed by atoms with Gasteiger partial charge < -0.3 is 8.92 Å². The third-order valence-electron chi connectivity index (χ3n) is 3.68. The second kappa shape index (κ2) is 6.10. The van der Waals surface area contributed by atoms with Gasteiger partial charge in [0, 0.05) is 29.4 Å². The minimum Gasteiger partial charge on any atom is -0.489 e. The Labute approximate surface area is 146 Å². The summed E-state index contributed by atoms with van der Waals surface area (Å²) >= 11 is 6.21. The summed E-state index contributed by atoms with van der Waals surface area (Å²) in [4.78, 5) is 0. The van der Waals surface area contributed by atoms with Crippen molar-refractivity contribution in [1.29, 1.82) is 0 Å². The first-order valence-electron chi connectivity index (χ1n) is 7.09. The fourth-order valence-electron chi connectivity index (χ4n) is 2.52. The van der Waals surface area contributed by atoms with E-state index in [1.54, 1.807) is 7.05 Å². The molecule has 6 nitrogen and oxygen atoms in total. The zero-order valence-electron chi connectivity index (χ0n) is 12.8. The average Bonchev–Trinajstić information content (AvgIpc) is 2.95. The molecule has 25 heavy (non-hydrogen) atoms. The van der Waals surface area contributed by atoms with Gasteiger partial charge in [0.15, 0.2) is 11.5 Å². The fraction of sp³-hybridized carbons (Fsp3) is 0.357. The van der Waals surface area contributed by atoms with Gasteiger partial charge in [-0.05, 0) is 25.0 Å². The van der Waals surface area contributed by atoms with Gasteiger partial charge in [-0.3, -0.25) is 4.68 Å². The van der Waals surface area contributed by atoms with Crippen molar-refractivity contribution in [2.75, 3.05) is 6.61 Å². The van der Waals surface area contributed by atoms with E-state index < -0.39 is 21.4 Å². The lowest BCUT2D eigenvalue weighted by molar-refractivity contribution is -0.0500. The van der Waals surface area contributed by atoms with Crippen molar-refractivity contribution in [1.82, 2.24) is 9.78 Å². The lowest BCUT2D eigenvalue weighted by Gasteiger charge is -2.23. The third-order valence-corrected chi connectivity index (χ3v) is 4.97. The Balaban J connectivity index is 2.26. The molecule has 0 atom stereocenters. The van der Waals surface area contributed by atoms with Gasteiger partial charge >= 0.3 is 15.6 Å². The molecule has 1 aromatic heterocycles. The number of nitrogens with zero attached hydrogens (tertiary/aromatic N) is 2. The number of aryl methyl sites for hydroxylation is 1. The standard InChI is InChI=1S/C14H12ClF3N2O4S/c1-20-11(4-5-19-20)9-7-10(15)8-3-2-6-23-12(8)13(9)24-25(21,22)14(16,17)18/h4-5,7H,2-3,6H2,1H3. The molecule has 3 rings (SSSR count). The van der Waals surface area contributed by atoms with E-state index in [1.165, 1.54) is 23.0 Å². The maximum Gasteiger partial charge on any atom is 0.534 e. The summed E-state index contributed by atoms with van der Waals surface area (Å²) in [6, 6.07) is 2.85. The van der Waals surface area contributed by atoms with Gasteiger partial charge in [0.25, 0.3) is 0 Å². The van der Waals surface area contributed by atoms with Crippen molar-refractivity contribution in [3.8, 4) is 22.8 Å². The fourth-order valence-corrected chi connectivity index (χ4v) is 3.29. The number of halogens is 4. The summed E-state index contributed by atoms with van der Waals surface area (Å²) < 4.78 is 72.6. The Kier molecular flexibility index (Phi) is 4.36. The molecule has 0 spiro atoms. The Bertz CT molecular complexity index is 925. The predicted octanol–water partition coefficient (Wildman–Crippen LogP) is 3.29. The smallest absolute Gasteiger partial charge is 0.489 e. The molecule has 0 aliphatic carbocycles. The summed E-state index contributed by atoms with van der Waals surface area (Å²) in [5.41, 5.74) is -4.80. The minimum absolute atomic E-state index is 0.0403. The van der Waals surface area contributed by atoms with Crippen LogP contribution in [0, 0.1) is 0 Å². The maximum atomic E-state index is 12.8. The van der Waals surface area contributed by atoms with Crippen molar-refractivity contribution < 1.29 is 30.5 Å². The number of hydrogen-bond donors (Lipinski definition) is 0. The quantitative estimate of drug-likeness (QED) is 0.588. The van der Waals surface area contributed by atoms with Crippen LogP contribution in [0.1, 0.15) is 12.0 Å². The number of hydrogen-bond acceptors (Lipinski definition) is 5. The lowest BCUT2D eigenvalue weighted by Crippen LogP contribution is -2.28. The Hall–Kier alpha value is -1.94. The molecular weight excluding hydrogens is 385 g/mol. The van der Waals surface area contributed by atoms with E-state index in [1.807, 2.05) is 0 Å². The lowest BCUT2D eigenvalue weighted by atomic mass is 10.0. The van der Waals surface area contributed by atoms with Crippen molar-refractivity contribution in [3.05, 3.63) is 28.9 Å². The monoisotopic (exact) mass is 396 g/mol. The van der Waals surface area contributed by atoms with Gasteiger partial charge in [-0.15, -0.1) is 0 Å². The Morgan fingerprint density at radius 1 is 1.40 bits per heavy atom. The van der Waals surface area contributed by atoms with Crippen LogP contribution in [0.4, 0.5) is 13.2 Å². The first kappa shape index (κ1) is 17.9. The zero-order chi connectivity index (χ0) is 18.4. The molecule has 2 aromatic rings. The van der Waals surface area contributed by atoms with Crippen LogP contribution in [-0.4, -0.2) is 30.3 Å². The van der Waals surface area contributed by atoms with Crippen LogP contribution >= 0.6 is 11.6 Å². The molecule has 0 amide bonds. The van der Waals surface area contributed by atoms with Gasteiger partial charge in [-0.2, -0.15) is 26.7 Å². The summed E-state index contributed by atoms with van der Waals surface area (Å²) in [6.45, 7) is 0.209. The molecule has 0 bridgehead atoms. The molecule has 0 fully saturated rings. The summed E-state index contributed by atoms with van der Waals surface area (Å²) in [7, 11) is -4.33. The normalized spacial score (nSPS) is 14.8. The SMILES string of the molecule is Cn1nccc1-c1cc(Cl)c2c(c1OS(=O)(=O)C(F)(F)F)OCCC2. The second-order valence-corrected chi connectivity index (χ2v) is 7.26. The molecule has 0 radical (unpaired) electrons. The van der Waals surface area contributed by atoms with Crippen LogP contribution in [-0.2, 0) is 23.6 Å². The number of rotatable bonds is 3. The highest BCUT2D eigenvalue weighted by molar-refractivity contribution is 7.88. The molecule has 1 aliphatic heterocycles. The molecule has 0 unspecified atom stereocenters. The van der Waals surface area contributed by atoms with E-state index in [-0.39, 0.29) is 22.9 Å². The van der Waals surface area contributed by atoms with E-state index in [4.69, 9.17) is 16.3 Å². The van der Waals surface area contributed by atoms with Crippen molar-refractivity contribution in [2.45, 2.75) is 18.3 Å². The molecule has 11 heteroatoms. The van der Waals surface area contributed by atoms with Gasteiger partial charge in [-0.25, -0.2) is 0 Å². The highest BCUT2D eigenvalue weighted by atomic mass is 35.5. The second-order valence-electron chi connectivity index (χ2n) is 5.32. The van der Waals surface area contributed by atoms with Gasteiger partial charge in [0.2, 0.25) is 0 Å². The molecule has 0 N–H and O–H groups in total. The van der Waals surface area contributed by atoms with Gasteiger partial charge in [0.1, 0.15) is 0 Å². The van der Waals surface area contributed by atoms with Crippen LogP contribution in [0.25, 0.3) is 11.3 Å². The summed E-state index contributed by atoms with van der Waals surface area (Å²) in [5, 5.41) is 4.18. The molecule has 1 aromatic carbocycles. The van der Waals surface area contributed by atoms with Gasteiger partial charge in [-0.1, -0.05) is 11.6 Å². The number of aromatic nitrogens is 2. The highest BCUT2D eigenvalue weighted by Crippen LogP contribution is 2.47. The first-order chi connectivity index (χ1) is 11.6. The topological polar surface area (TPSA) is 70.4 Å². The number of ether oxygens (including phenoxy) is 1. The van der Waals surface area contributed by atoms with Crippen LogP contribution in [0.3, 0.4) is 0 Å². The third kappa shape index (κ3) is 3.15. The van der Waals surface area contributed by atoms with E-state index in [9.17, 15) is 21.6 Å². The maximum absolute atomic E-state index is 12.8. The minimum atomic E-state index is -5.88. The first-order valence-corrected chi connectivity index (χ1v) is 8.88. The van der Waals surface area contributed by atoms with Crippen molar-refractivity contribution in [2.24, 2.45) is 7.05 Å². The molecule has 0 saturated heterocycles. The molecular formula is C14H12ClF3N2O4S. The van der Waals surface area contributed by atoms with Crippen molar-refractivity contribution in [3.63, 3.8) is 0 Å². The highest BCUT2D eigenvalue weighted by Gasteiger charge is 2.49. The molecule has 1 aliphatic rings. The summed E-state index contributed by atoms with van der Waals surface area (Å²) in [5.74, 6) is -0.636. The average molecular weight is 397 g/mol. The zero-order valence-corrected chi connectivity index (χ0v) is 14.4. The largest absolute Gasteiger partial charge is 0.534 e. The number of alkyl halides is 3.